The number of anilines is 1. The van der Waals surface area contributed by atoms with E-state index < -0.39 is 5.91 Å². The molecule has 0 saturated carbocycles. The summed E-state index contributed by atoms with van der Waals surface area (Å²) in [7, 11) is 0. The topological polar surface area (TPSA) is 55.8 Å². The quantitative estimate of drug-likeness (QED) is 0.760. The Morgan fingerprint density at radius 2 is 1.79 bits per heavy atom. The highest BCUT2D eigenvalue weighted by Gasteiger charge is 2.30. The molecule has 0 spiro atoms. The molecule has 19 heavy (non-hydrogen) atoms. The van der Waals surface area contributed by atoms with Gasteiger partial charge in [0, 0.05) is 24.7 Å². The van der Waals surface area contributed by atoms with E-state index in [4.69, 9.17) is 9.47 Å². The van der Waals surface area contributed by atoms with Crippen LogP contribution < -0.4 is 14.4 Å². The Bertz CT molecular complexity index is 498. The Morgan fingerprint density at radius 1 is 1.11 bits per heavy atom. The third-order valence-corrected chi connectivity index (χ3v) is 2.88. The smallest absolute Gasteiger partial charge is 0.294 e. The van der Waals surface area contributed by atoms with E-state index in [2.05, 4.69) is 0 Å². The van der Waals surface area contributed by atoms with E-state index in [0.717, 1.165) is 0 Å². The van der Waals surface area contributed by atoms with Crippen LogP contribution in [-0.4, -0.2) is 31.4 Å². The number of Topliss-reactive ketones (excluding diaryl/α,β-unsaturated/α-hetero) is 1. The standard InChI is InChI=1S/C14H17NO4/c1-3-18-12-6-5-10(9-13(12)19-4-2)15-8-7-11(16)14(15)17/h5-6,9H,3-4,7-8H2,1-2H3. The van der Waals surface area contributed by atoms with Crippen molar-refractivity contribution in [3.63, 3.8) is 0 Å². The number of rotatable bonds is 5. The SMILES string of the molecule is CCOc1ccc(N2CCC(=O)C2=O)cc1OCC. The first kappa shape index (κ1) is 13.4. The fourth-order valence-corrected chi connectivity index (χ4v) is 2.03. The lowest BCUT2D eigenvalue weighted by molar-refractivity contribution is -0.133. The Kier molecular flexibility index (Phi) is 4.04. The summed E-state index contributed by atoms with van der Waals surface area (Å²) < 4.78 is 11.0. The van der Waals surface area contributed by atoms with Gasteiger partial charge in [0.1, 0.15) is 0 Å². The molecule has 5 heteroatoms. The lowest BCUT2D eigenvalue weighted by Gasteiger charge is -2.17. The van der Waals surface area contributed by atoms with Gasteiger partial charge in [0.05, 0.1) is 13.2 Å². The van der Waals surface area contributed by atoms with E-state index in [9.17, 15) is 9.59 Å². The zero-order valence-electron chi connectivity index (χ0n) is 11.1. The molecule has 1 saturated heterocycles. The molecular formula is C14H17NO4. The Labute approximate surface area is 112 Å². The number of amides is 1. The maximum Gasteiger partial charge on any atom is 0.294 e. The van der Waals surface area contributed by atoms with Crippen LogP contribution in [0.3, 0.4) is 0 Å². The van der Waals surface area contributed by atoms with Gasteiger partial charge in [-0.25, -0.2) is 0 Å². The maximum atomic E-state index is 11.7. The molecule has 0 N–H and O–H groups in total. The van der Waals surface area contributed by atoms with Gasteiger partial charge in [-0.05, 0) is 26.0 Å². The fourth-order valence-electron chi connectivity index (χ4n) is 2.03. The van der Waals surface area contributed by atoms with Gasteiger partial charge in [0.15, 0.2) is 11.5 Å². The molecule has 5 nitrogen and oxygen atoms in total. The van der Waals surface area contributed by atoms with Crippen molar-refractivity contribution in [1.29, 1.82) is 0 Å². The predicted molar refractivity (Wildman–Crippen MR) is 70.8 cm³/mol. The van der Waals surface area contributed by atoms with Crippen molar-refractivity contribution in [2.45, 2.75) is 20.3 Å². The molecule has 0 atom stereocenters. The number of benzene rings is 1. The summed E-state index contributed by atoms with van der Waals surface area (Å²) in [5.74, 6) is 0.443. The molecule has 0 radical (unpaired) electrons. The van der Waals surface area contributed by atoms with Crippen LogP contribution in [0.4, 0.5) is 5.69 Å². The van der Waals surface area contributed by atoms with Gasteiger partial charge < -0.3 is 14.4 Å². The van der Waals surface area contributed by atoms with Gasteiger partial charge in [-0.3, -0.25) is 9.59 Å². The van der Waals surface area contributed by atoms with Crippen LogP contribution >= 0.6 is 0 Å². The van der Waals surface area contributed by atoms with Crippen LogP contribution in [0.15, 0.2) is 18.2 Å². The number of hydrogen-bond donors (Lipinski definition) is 0. The summed E-state index contributed by atoms with van der Waals surface area (Å²) in [6.45, 7) is 5.26. The minimum Gasteiger partial charge on any atom is -0.490 e. The molecule has 102 valence electrons. The number of ketones is 1. The highest BCUT2D eigenvalue weighted by molar-refractivity contribution is 6.43. The molecular weight excluding hydrogens is 246 g/mol. The number of carbonyl (C=O) groups excluding carboxylic acids is 2. The summed E-state index contributed by atoms with van der Waals surface area (Å²) in [4.78, 5) is 24.5. The predicted octanol–water partition coefficient (Wildman–Crippen LogP) is 1.79. The first-order chi connectivity index (χ1) is 9.17. The average molecular weight is 263 g/mol. The van der Waals surface area contributed by atoms with Crippen LogP contribution in [0.2, 0.25) is 0 Å². The summed E-state index contributed by atoms with van der Waals surface area (Å²) in [5, 5.41) is 0. The summed E-state index contributed by atoms with van der Waals surface area (Å²) in [6.07, 6.45) is 0.274. The molecule has 1 aliphatic rings. The molecule has 1 amide bonds. The maximum absolute atomic E-state index is 11.7. The van der Waals surface area contributed by atoms with E-state index in [0.29, 0.717) is 36.9 Å². The average Bonchev–Trinajstić information content (AvgIpc) is 2.73. The number of carbonyl (C=O) groups is 2. The minimum absolute atomic E-state index is 0.274. The molecule has 0 aromatic heterocycles. The molecule has 1 heterocycles. The second-order valence-corrected chi connectivity index (χ2v) is 4.13. The third-order valence-electron chi connectivity index (χ3n) is 2.88. The van der Waals surface area contributed by atoms with Crippen molar-refractivity contribution < 1.29 is 19.1 Å². The molecule has 2 rings (SSSR count). The second kappa shape index (κ2) is 5.73. The van der Waals surface area contributed by atoms with E-state index in [1.807, 2.05) is 13.8 Å². The number of nitrogens with zero attached hydrogens (tertiary/aromatic N) is 1. The van der Waals surface area contributed by atoms with Crippen LogP contribution in [0.5, 0.6) is 11.5 Å². The molecule has 1 aromatic rings. The van der Waals surface area contributed by atoms with Gasteiger partial charge in [0.2, 0.25) is 5.78 Å². The van der Waals surface area contributed by atoms with Crippen molar-refractivity contribution in [2.75, 3.05) is 24.7 Å². The summed E-state index contributed by atoms with van der Waals surface area (Å²) in [5.41, 5.74) is 0.669. The van der Waals surface area contributed by atoms with Gasteiger partial charge in [-0.1, -0.05) is 0 Å². The van der Waals surface area contributed by atoms with Crippen molar-refractivity contribution >= 4 is 17.4 Å². The van der Waals surface area contributed by atoms with Crippen LogP contribution in [-0.2, 0) is 9.59 Å². The van der Waals surface area contributed by atoms with Crippen molar-refractivity contribution in [3.8, 4) is 11.5 Å². The van der Waals surface area contributed by atoms with Crippen molar-refractivity contribution in [1.82, 2.24) is 0 Å². The van der Waals surface area contributed by atoms with Gasteiger partial charge in [-0.15, -0.1) is 0 Å². The molecule has 1 fully saturated rings. The van der Waals surface area contributed by atoms with E-state index in [1.54, 1.807) is 18.2 Å². The minimum atomic E-state index is -0.452. The highest BCUT2D eigenvalue weighted by Crippen LogP contribution is 2.33. The molecule has 1 aliphatic heterocycles. The Hall–Kier alpha value is -2.04. The lowest BCUT2D eigenvalue weighted by atomic mass is 10.2. The largest absolute Gasteiger partial charge is 0.490 e. The van der Waals surface area contributed by atoms with Gasteiger partial charge in [0.25, 0.3) is 5.91 Å². The normalized spacial score (nSPS) is 14.9. The van der Waals surface area contributed by atoms with Crippen LogP contribution in [0, 0.1) is 0 Å². The van der Waals surface area contributed by atoms with E-state index in [1.165, 1.54) is 4.90 Å². The molecule has 1 aromatic carbocycles. The number of hydrogen-bond acceptors (Lipinski definition) is 4. The molecule has 0 unspecified atom stereocenters. The first-order valence-corrected chi connectivity index (χ1v) is 6.41. The lowest BCUT2D eigenvalue weighted by Crippen LogP contribution is -2.26. The molecule has 0 bridgehead atoms. The van der Waals surface area contributed by atoms with E-state index in [-0.39, 0.29) is 12.2 Å². The van der Waals surface area contributed by atoms with Crippen molar-refractivity contribution in [2.24, 2.45) is 0 Å². The van der Waals surface area contributed by atoms with Crippen LogP contribution in [0.1, 0.15) is 20.3 Å². The van der Waals surface area contributed by atoms with Crippen molar-refractivity contribution in [3.05, 3.63) is 18.2 Å². The third kappa shape index (κ3) is 2.70. The summed E-state index contributed by atoms with van der Waals surface area (Å²) >= 11 is 0. The monoisotopic (exact) mass is 263 g/mol. The van der Waals surface area contributed by atoms with E-state index >= 15 is 0 Å². The summed E-state index contributed by atoms with van der Waals surface area (Å²) in [6, 6.07) is 5.27. The first-order valence-electron chi connectivity index (χ1n) is 6.41. The number of ether oxygens (including phenoxy) is 2. The fraction of sp³-hybridized carbons (Fsp3) is 0.429. The zero-order valence-corrected chi connectivity index (χ0v) is 11.1. The van der Waals surface area contributed by atoms with Gasteiger partial charge >= 0.3 is 0 Å². The second-order valence-electron chi connectivity index (χ2n) is 4.13. The Morgan fingerprint density at radius 3 is 2.37 bits per heavy atom. The highest BCUT2D eigenvalue weighted by atomic mass is 16.5. The molecule has 0 aliphatic carbocycles. The van der Waals surface area contributed by atoms with Crippen LogP contribution in [0.25, 0.3) is 0 Å². The van der Waals surface area contributed by atoms with Gasteiger partial charge in [-0.2, -0.15) is 0 Å². The zero-order chi connectivity index (χ0) is 13.8. The Balaban J connectivity index is 2.29.